The van der Waals surface area contributed by atoms with Gasteiger partial charge >= 0.3 is 0 Å². The molecule has 0 radical (unpaired) electrons. The number of thioether (sulfide) groups is 1. The number of imide groups is 1. The van der Waals surface area contributed by atoms with E-state index in [1.807, 2.05) is 6.92 Å². The molecule has 1 aliphatic heterocycles. The Hall–Kier alpha value is -1.89. The van der Waals surface area contributed by atoms with Crippen molar-refractivity contribution in [3.8, 4) is 0 Å². The molecule has 7 heteroatoms. The third kappa shape index (κ3) is 2.46. The van der Waals surface area contributed by atoms with E-state index < -0.39 is 10.2 Å². The van der Waals surface area contributed by atoms with Gasteiger partial charge in [0.1, 0.15) is 5.69 Å². The fraction of sp³-hybridized carbons (Fsp3) is 0.333. The molecule has 1 fully saturated rings. The van der Waals surface area contributed by atoms with Crippen LogP contribution in [0.1, 0.15) is 13.3 Å². The maximum absolute atomic E-state index is 12.1. The highest BCUT2D eigenvalue weighted by Gasteiger charge is 2.41. The van der Waals surface area contributed by atoms with Gasteiger partial charge in [-0.2, -0.15) is 0 Å². The van der Waals surface area contributed by atoms with E-state index in [1.165, 1.54) is 30.0 Å². The molecule has 1 aliphatic rings. The van der Waals surface area contributed by atoms with E-state index in [0.717, 1.165) is 4.90 Å². The minimum atomic E-state index is -0.587. The number of carbonyl (C=O) groups is 2. The van der Waals surface area contributed by atoms with Gasteiger partial charge in [-0.15, -0.1) is 11.8 Å². The Kier molecular flexibility index (Phi) is 3.84. The third-order valence-electron chi connectivity index (χ3n) is 2.79. The second-order valence-corrected chi connectivity index (χ2v) is 5.44. The first-order chi connectivity index (χ1) is 9.06. The van der Waals surface area contributed by atoms with Crippen LogP contribution >= 0.6 is 11.8 Å². The number of benzene rings is 1. The maximum atomic E-state index is 12.1. The van der Waals surface area contributed by atoms with Gasteiger partial charge in [-0.1, -0.05) is 19.1 Å². The molecule has 1 aromatic carbocycles. The summed E-state index contributed by atoms with van der Waals surface area (Å²) < 4.78 is 0. The number of nitrogens with zero attached hydrogens (tertiary/aromatic N) is 2. The number of para-hydroxylation sites is 2. The van der Waals surface area contributed by atoms with Crippen molar-refractivity contribution in [2.45, 2.75) is 18.6 Å². The average Bonchev–Trinajstić information content (AvgIpc) is 2.65. The lowest BCUT2D eigenvalue weighted by Gasteiger charge is -2.14. The highest BCUT2D eigenvalue weighted by atomic mass is 32.2. The van der Waals surface area contributed by atoms with E-state index in [0.29, 0.717) is 5.75 Å². The van der Waals surface area contributed by atoms with Crippen molar-refractivity contribution in [3.05, 3.63) is 34.4 Å². The first kappa shape index (κ1) is 13.5. The number of amides is 2. The minimum absolute atomic E-state index is 0.0571. The molecule has 1 atom stereocenters. The molecular formula is C12H12N2O4S. The molecule has 2 amide bonds. The summed E-state index contributed by atoms with van der Waals surface area (Å²) in [4.78, 5) is 35.4. The van der Waals surface area contributed by atoms with Gasteiger partial charge in [0.25, 0.3) is 5.69 Å². The Labute approximate surface area is 113 Å². The molecule has 0 spiro atoms. The van der Waals surface area contributed by atoms with Gasteiger partial charge in [0.15, 0.2) is 0 Å². The number of carbonyl (C=O) groups excluding carboxylic acids is 2. The zero-order chi connectivity index (χ0) is 14.0. The molecule has 1 saturated heterocycles. The molecule has 0 bridgehead atoms. The number of hydrogen-bond acceptors (Lipinski definition) is 5. The van der Waals surface area contributed by atoms with Gasteiger partial charge in [0, 0.05) is 12.5 Å². The molecule has 0 N–H and O–H groups in total. The second kappa shape index (κ2) is 5.40. The topological polar surface area (TPSA) is 80.5 Å². The lowest BCUT2D eigenvalue weighted by Crippen LogP contribution is -2.31. The van der Waals surface area contributed by atoms with Crippen LogP contribution in [0.5, 0.6) is 0 Å². The Morgan fingerprint density at radius 3 is 2.74 bits per heavy atom. The van der Waals surface area contributed by atoms with Crippen molar-refractivity contribution >= 4 is 35.0 Å². The van der Waals surface area contributed by atoms with Crippen LogP contribution < -0.4 is 4.90 Å². The van der Waals surface area contributed by atoms with Crippen LogP contribution in [-0.2, 0) is 9.59 Å². The summed E-state index contributed by atoms with van der Waals surface area (Å²) in [7, 11) is 0. The SMILES string of the molecule is CCSC1CC(=O)N(c2ccccc2[N+](=O)[O-])C1=O. The molecule has 6 nitrogen and oxygen atoms in total. The van der Waals surface area contributed by atoms with E-state index >= 15 is 0 Å². The molecule has 0 aliphatic carbocycles. The Morgan fingerprint density at radius 2 is 2.11 bits per heavy atom. The van der Waals surface area contributed by atoms with Crippen molar-refractivity contribution in [2.24, 2.45) is 0 Å². The maximum Gasteiger partial charge on any atom is 0.293 e. The van der Waals surface area contributed by atoms with Gasteiger partial charge in [0.05, 0.1) is 10.2 Å². The number of nitro benzene ring substituents is 1. The molecule has 1 aromatic rings. The molecule has 1 unspecified atom stereocenters. The van der Waals surface area contributed by atoms with Crippen LogP contribution in [-0.4, -0.2) is 27.7 Å². The van der Waals surface area contributed by atoms with Crippen molar-refractivity contribution in [2.75, 3.05) is 10.7 Å². The van der Waals surface area contributed by atoms with Crippen LogP contribution in [0, 0.1) is 10.1 Å². The predicted molar refractivity (Wildman–Crippen MR) is 72.1 cm³/mol. The van der Waals surface area contributed by atoms with E-state index in [-0.39, 0.29) is 29.6 Å². The summed E-state index contributed by atoms with van der Waals surface area (Å²) in [5.74, 6) is -0.0367. The van der Waals surface area contributed by atoms with Crippen LogP contribution in [0.3, 0.4) is 0 Å². The normalized spacial score (nSPS) is 19.0. The van der Waals surface area contributed by atoms with E-state index in [1.54, 1.807) is 6.07 Å². The minimum Gasteiger partial charge on any atom is -0.274 e. The number of hydrogen-bond donors (Lipinski definition) is 0. The predicted octanol–water partition coefficient (Wildman–Crippen LogP) is 1.98. The first-order valence-corrected chi connectivity index (χ1v) is 6.83. The summed E-state index contributed by atoms with van der Waals surface area (Å²) in [5, 5.41) is 10.5. The standard InChI is InChI=1S/C12H12N2O4S/c1-2-19-10-7-11(15)13(12(10)16)8-5-3-4-6-9(8)14(17)18/h3-6,10H,2,7H2,1H3. The van der Waals surface area contributed by atoms with Crippen molar-refractivity contribution < 1.29 is 14.5 Å². The fourth-order valence-corrected chi connectivity index (χ4v) is 2.91. The van der Waals surface area contributed by atoms with Crippen LogP contribution in [0.2, 0.25) is 0 Å². The summed E-state index contributed by atoms with van der Waals surface area (Å²) in [6.45, 7) is 1.90. The highest BCUT2D eigenvalue weighted by Crippen LogP contribution is 2.34. The van der Waals surface area contributed by atoms with Crippen LogP contribution in [0.15, 0.2) is 24.3 Å². The summed E-state index contributed by atoms with van der Waals surface area (Å²) in [5.41, 5.74) is -0.173. The Bertz CT molecular complexity index is 546. The zero-order valence-corrected chi connectivity index (χ0v) is 11.1. The smallest absolute Gasteiger partial charge is 0.274 e. The van der Waals surface area contributed by atoms with Crippen LogP contribution in [0.25, 0.3) is 0 Å². The summed E-state index contributed by atoms with van der Waals surface area (Å²) >= 11 is 1.38. The lowest BCUT2D eigenvalue weighted by atomic mass is 10.2. The Morgan fingerprint density at radius 1 is 1.42 bits per heavy atom. The van der Waals surface area contributed by atoms with Gasteiger partial charge < -0.3 is 0 Å². The summed E-state index contributed by atoms with van der Waals surface area (Å²) in [6.07, 6.45) is 0.101. The Balaban J connectivity index is 2.39. The van der Waals surface area contributed by atoms with Crippen molar-refractivity contribution in [3.63, 3.8) is 0 Å². The third-order valence-corrected chi connectivity index (χ3v) is 3.90. The zero-order valence-electron chi connectivity index (χ0n) is 10.2. The molecule has 19 heavy (non-hydrogen) atoms. The van der Waals surface area contributed by atoms with Crippen LogP contribution in [0.4, 0.5) is 11.4 Å². The lowest BCUT2D eigenvalue weighted by molar-refractivity contribution is -0.384. The van der Waals surface area contributed by atoms with E-state index in [2.05, 4.69) is 0 Å². The molecular weight excluding hydrogens is 268 g/mol. The van der Waals surface area contributed by atoms with E-state index in [9.17, 15) is 19.7 Å². The van der Waals surface area contributed by atoms with E-state index in [4.69, 9.17) is 0 Å². The number of rotatable bonds is 4. The molecule has 0 aromatic heterocycles. The monoisotopic (exact) mass is 280 g/mol. The van der Waals surface area contributed by atoms with Gasteiger partial charge in [0.2, 0.25) is 11.8 Å². The molecule has 1 heterocycles. The summed E-state index contributed by atoms with van der Waals surface area (Å²) in [6, 6.07) is 5.79. The van der Waals surface area contributed by atoms with Gasteiger partial charge in [-0.05, 0) is 11.8 Å². The van der Waals surface area contributed by atoms with Crippen molar-refractivity contribution in [1.82, 2.24) is 0 Å². The van der Waals surface area contributed by atoms with Gasteiger partial charge in [-0.3, -0.25) is 19.7 Å². The van der Waals surface area contributed by atoms with Gasteiger partial charge in [-0.25, -0.2) is 4.90 Å². The molecule has 100 valence electrons. The molecule has 2 rings (SSSR count). The fourth-order valence-electron chi connectivity index (χ4n) is 2.00. The first-order valence-electron chi connectivity index (χ1n) is 5.78. The molecule has 0 saturated carbocycles. The highest BCUT2D eigenvalue weighted by molar-refractivity contribution is 8.00. The number of anilines is 1. The largest absolute Gasteiger partial charge is 0.293 e. The second-order valence-electron chi connectivity index (χ2n) is 3.96. The average molecular weight is 280 g/mol. The number of nitro groups is 1. The quantitative estimate of drug-likeness (QED) is 0.478. The van der Waals surface area contributed by atoms with Crippen molar-refractivity contribution in [1.29, 1.82) is 0 Å².